The Morgan fingerprint density at radius 3 is 2.75 bits per heavy atom. The lowest BCUT2D eigenvalue weighted by atomic mass is 10.1. The van der Waals surface area contributed by atoms with Gasteiger partial charge in [0.1, 0.15) is 0 Å². The zero-order valence-electron chi connectivity index (χ0n) is 10.7. The van der Waals surface area contributed by atoms with Crippen LogP contribution in [0.15, 0.2) is 42.1 Å². The van der Waals surface area contributed by atoms with Crippen LogP contribution in [0.2, 0.25) is 0 Å². The second kappa shape index (κ2) is 6.58. The van der Waals surface area contributed by atoms with Gasteiger partial charge in [0.2, 0.25) is 0 Å². The quantitative estimate of drug-likeness (QED) is 0.559. The minimum absolute atomic E-state index is 0.320. The molecule has 1 aliphatic rings. The summed E-state index contributed by atoms with van der Waals surface area (Å²) in [7, 11) is 0. The Bertz CT molecular complexity index is 516. The maximum atomic E-state index is 11.6. The fourth-order valence-corrected chi connectivity index (χ4v) is 1.72. The molecule has 0 fully saturated rings. The van der Waals surface area contributed by atoms with Gasteiger partial charge in [0.05, 0.1) is 0 Å². The van der Waals surface area contributed by atoms with Gasteiger partial charge < -0.3 is 26.4 Å². The predicted octanol–water partition coefficient (Wildman–Crippen LogP) is 0.713. The molecule has 0 bridgehead atoms. The maximum Gasteiger partial charge on any atom is 0.321 e. The molecule has 7 heteroatoms. The van der Waals surface area contributed by atoms with Gasteiger partial charge in [-0.2, -0.15) is 0 Å². The van der Waals surface area contributed by atoms with Crippen LogP contribution in [0.25, 0.3) is 0 Å². The van der Waals surface area contributed by atoms with Crippen LogP contribution in [0, 0.1) is 0 Å². The van der Waals surface area contributed by atoms with Crippen molar-refractivity contribution < 1.29 is 14.7 Å². The summed E-state index contributed by atoms with van der Waals surface area (Å²) in [4.78, 5) is 22.5. The number of carbonyl (C=O) groups excluding carboxylic acids is 2. The summed E-state index contributed by atoms with van der Waals surface area (Å²) in [6.45, 7) is 0.346. The topological polar surface area (TPSA) is 102 Å². The summed E-state index contributed by atoms with van der Waals surface area (Å²) in [5, 5.41) is 19.7. The van der Waals surface area contributed by atoms with E-state index in [0.29, 0.717) is 24.2 Å². The molecule has 106 valence electrons. The fraction of sp³-hybridized carbons (Fsp3) is 0.231. The number of anilines is 1. The SMILES string of the molecule is O=C(NCCC1=CNC(=O)N[C@H]1O)Nc1ccccc1. The highest BCUT2D eigenvalue weighted by molar-refractivity contribution is 5.89. The number of amides is 4. The van der Waals surface area contributed by atoms with E-state index in [-0.39, 0.29) is 6.03 Å². The molecule has 0 unspecified atom stereocenters. The van der Waals surface area contributed by atoms with Crippen molar-refractivity contribution in [3.63, 3.8) is 0 Å². The van der Waals surface area contributed by atoms with Crippen molar-refractivity contribution in [2.24, 2.45) is 0 Å². The molecule has 7 nitrogen and oxygen atoms in total. The lowest BCUT2D eigenvalue weighted by Crippen LogP contribution is -2.46. The number of carbonyl (C=O) groups is 2. The van der Waals surface area contributed by atoms with Crippen LogP contribution in [0.1, 0.15) is 6.42 Å². The van der Waals surface area contributed by atoms with Crippen LogP contribution in [0.4, 0.5) is 15.3 Å². The molecule has 0 saturated heterocycles. The summed E-state index contributed by atoms with van der Waals surface area (Å²) < 4.78 is 0. The van der Waals surface area contributed by atoms with Crippen LogP contribution in [0.5, 0.6) is 0 Å². The maximum absolute atomic E-state index is 11.6. The molecular weight excluding hydrogens is 260 g/mol. The minimum atomic E-state index is -1.01. The average Bonchev–Trinajstić information content (AvgIpc) is 2.42. The smallest absolute Gasteiger partial charge is 0.321 e. The normalized spacial score (nSPS) is 17.6. The number of benzene rings is 1. The molecule has 0 radical (unpaired) electrons. The van der Waals surface area contributed by atoms with Gasteiger partial charge in [-0.25, -0.2) is 9.59 Å². The predicted molar refractivity (Wildman–Crippen MR) is 73.8 cm³/mol. The van der Waals surface area contributed by atoms with Crippen LogP contribution in [0.3, 0.4) is 0 Å². The highest BCUT2D eigenvalue weighted by Gasteiger charge is 2.18. The fourth-order valence-electron chi connectivity index (χ4n) is 1.72. The summed E-state index contributed by atoms with van der Waals surface area (Å²) >= 11 is 0. The molecular formula is C13H16N4O3. The molecule has 4 amide bonds. The molecule has 0 aliphatic carbocycles. The van der Waals surface area contributed by atoms with Crippen molar-refractivity contribution >= 4 is 17.7 Å². The Kier molecular flexibility index (Phi) is 4.56. The first-order valence-corrected chi connectivity index (χ1v) is 6.19. The van der Waals surface area contributed by atoms with Crippen molar-refractivity contribution in [2.75, 3.05) is 11.9 Å². The van der Waals surface area contributed by atoms with Gasteiger partial charge in [-0.3, -0.25) is 0 Å². The Morgan fingerprint density at radius 2 is 2.05 bits per heavy atom. The van der Waals surface area contributed by atoms with Gasteiger partial charge in [0.25, 0.3) is 0 Å². The molecule has 1 heterocycles. The number of nitrogens with one attached hydrogen (secondary N) is 4. The molecule has 20 heavy (non-hydrogen) atoms. The zero-order chi connectivity index (χ0) is 14.4. The van der Waals surface area contributed by atoms with Crippen LogP contribution in [-0.2, 0) is 0 Å². The van der Waals surface area contributed by atoms with Crippen molar-refractivity contribution in [1.82, 2.24) is 16.0 Å². The molecule has 1 atom stereocenters. The Morgan fingerprint density at radius 1 is 1.30 bits per heavy atom. The van der Waals surface area contributed by atoms with E-state index in [1.165, 1.54) is 6.20 Å². The van der Waals surface area contributed by atoms with E-state index in [1.54, 1.807) is 12.1 Å². The average molecular weight is 276 g/mol. The van der Waals surface area contributed by atoms with Crippen LogP contribution >= 0.6 is 0 Å². The van der Waals surface area contributed by atoms with Crippen LogP contribution < -0.4 is 21.3 Å². The van der Waals surface area contributed by atoms with E-state index in [0.717, 1.165) is 0 Å². The molecule has 1 aliphatic heterocycles. The standard InChI is InChI=1S/C13H16N4O3/c18-11-9(8-15-13(20)17-11)6-7-14-12(19)16-10-4-2-1-3-5-10/h1-5,8,11,18H,6-7H2,(H2,14,16,19)(H2,15,17,20)/t11-/m0/s1. The first-order valence-electron chi connectivity index (χ1n) is 6.19. The van der Waals surface area contributed by atoms with E-state index in [9.17, 15) is 14.7 Å². The number of aliphatic hydroxyl groups is 1. The molecule has 0 aromatic heterocycles. The van der Waals surface area contributed by atoms with E-state index in [1.807, 2.05) is 18.2 Å². The van der Waals surface area contributed by atoms with Gasteiger partial charge in [-0.05, 0) is 24.1 Å². The number of rotatable bonds is 4. The van der Waals surface area contributed by atoms with Gasteiger partial charge in [0, 0.05) is 18.4 Å². The van der Waals surface area contributed by atoms with Crippen LogP contribution in [-0.4, -0.2) is 29.9 Å². The van der Waals surface area contributed by atoms with E-state index in [2.05, 4.69) is 21.3 Å². The molecule has 1 aromatic rings. The van der Waals surface area contributed by atoms with Gasteiger partial charge in [-0.15, -0.1) is 0 Å². The molecule has 0 spiro atoms. The number of urea groups is 2. The summed E-state index contributed by atoms with van der Waals surface area (Å²) in [5.74, 6) is 0. The monoisotopic (exact) mass is 276 g/mol. The minimum Gasteiger partial charge on any atom is -0.370 e. The third-order valence-electron chi connectivity index (χ3n) is 2.74. The molecule has 2 rings (SSSR count). The number of hydrogen-bond acceptors (Lipinski definition) is 3. The third kappa shape index (κ3) is 3.99. The zero-order valence-corrected chi connectivity index (χ0v) is 10.7. The van der Waals surface area contributed by atoms with Gasteiger partial charge >= 0.3 is 12.1 Å². The van der Waals surface area contributed by atoms with Crippen molar-refractivity contribution in [3.8, 4) is 0 Å². The largest absolute Gasteiger partial charge is 0.370 e. The lowest BCUT2D eigenvalue weighted by Gasteiger charge is -2.21. The van der Waals surface area contributed by atoms with Crippen molar-refractivity contribution in [2.45, 2.75) is 12.6 Å². The molecule has 0 saturated carbocycles. The van der Waals surface area contributed by atoms with Crippen molar-refractivity contribution in [1.29, 1.82) is 0 Å². The molecule has 1 aromatic carbocycles. The first kappa shape index (κ1) is 13.9. The Hall–Kier alpha value is -2.54. The highest BCUT2D eigenvalue weighted by Crippen LogP contribution is 2.07. The van der Waals surface area contributed by atoms with Gasteiger partial charge in [0.15, 0.2) is 6.23 Å². The van der Waals surface area contributed by atoms with Gasteiger partial charge in [-0.1, -0.05) is 18.2 Å². The number of hydrogen-bond donors (Lipinski definition) is 5. The highest BCUT2D eigenvalue weighted by atomic mass is 16.3. The van der Waals surface area contributed by atoms with Crippen molar-refractivity contribution in [3.05, 3.63) is 42.1 Å². The Labute approximate surface area is 116 Å². The number of para-hydroxylation sites is 1. The molecule has 5 N–H and O–H groups in total. The lowest BCUT2D eigenvalue weighted by molar-refractivity contribution is 0.161. The van der Waals surface area contributed by atoms with E-state index < -0.39 is 12.3 Å². The summed E-state index contributed by atoms with van der Waals surface area (Å²) in [5.41, 5.74) is 1.31. The first-order chi connectivity index (χ1) is 9.65. The van der Waals surface area contributed by atoms with E-state index >= 15 is 0 Å². The number of aliphatic hydroxyl groups excluding tert-OH is 1. The second-order valence-corrected chi connectivity index (χ2v) is 4.24. The third-order valence-corrected chi connectivity index (χ3v) is 2.74. The second-order valence-electron chi connectivity index (χ2n) is 4.24. The summed E-state index contributed by atoms with van der Waals surface area (Å²) in [6, 6.07) is 8.32. The Balaban J connectivity index is 1.73. The summed E-state index contributed by atoms with van der Waals surface area (Å²) in [6.07, 6.45) is 0.861. The van der Waals surface area contributed by atoms with E-state index in [4.69, 9.17) is 0 Å².